The first-order valence-electron chi connectivity index (χ1n) is 4.22. The topological polar surface area (TPSA) is 37.3 Å². The normalized spacial score (nSPS) is 11.7. The number of rotatable bonds is 6. The molecule has 0 aliphatic carbocycles. The Morgan fingerprint density at radius 1 is 1.50 bits per heavy atom. The van der Waals surface area contributed by atoms with Gasteiger partial charge in [0.15, 0.2) is 0 Å². The molecule has 0 amide bonds. The smallest absolute Gasteiger partial charge is 0.331 e. The van der Waals surface area contributed by atoms with Crippen LogP contribution in [0, 0.1) is 0 Å². The summed E-state index contributed by atoms with van der Waals surface area (Å²) in [6, 6.07) is 0. The van der Waals surface area contributed by atoms with Gasteiger partial charge in [0.2, 0.25) is 0 Å². The largest absolute Gasteiger partial charge is 0.478 e. The van der Waals surface area contributed by atoms with Crippen LogP contribution in [0.1, 0.15) is 26.7 Å². The van der Waals surface area contributed by atoms with E-state index in [2.05, 4.69) is 6.92 Å². The van der Waals surface area contributed by atoms with E-state index < -0.39 is 5.97 Å². The third-order valence-electron chi connectivity index (χ3n) is 1.45. The van der Waals surface area contributed by atoms with Crippen molar-refractivity contribution in [3.05, 3.63) is 11.6 Å². The molecule has 0 heterocycles. The van der Waals surface area contributed by atoms with Gasteiger partial charge in [-0.1, -0.05) is 19.9 Å². The summed E-state index contributed by atoms with van der Waals surface area (Å²) in [6.45, 7) is 3.99. The van der Waals surface area contributed by atoms with Gasteiger partial charge in [0.1, 0.15) is 0 Å². The molecule has 0 aromatic rings. The predicted molar refractivity (Wildman–Crippen MR) is 53.6 cm³/mol. The molecular weight excluding hydrogens is 172 g/mol. The standard InChI is InChI=1S/C9H16O2S/c1-3-6-12-7-5-8(4-2)9(10)11/h5H,3-4,6-7H2,1-2H3,(H,10,11). The van der Waals surface area contributed by atoms with Gasteiger partial charge < -0.3 is 5.11 Å². The lowest BCUT2D eigenvalue weighted by Crippen LogP contribution is -1.99. The summed E-state index contributed by atoms with van der Waals surface area (Å²) in [7, 11) is 0. The lowest BCUT2D eigenvalue weighted by Gasteiger charge is -1.97. The van der Waals surface area contributed by atoms with E-state index in [-0.39, 0.29) is 0 Å². The average Bonchev–Trinajstić information content (AvgIpc) is 2.04. The first-order chi connectivity index (χ1) is 5.72. The van der Waals surface area contributed by atoms with Crippen molar-refractivity contribution in [2.75, 3.05) is 11.5 Å². The monoisotopic (exact) mass is 188 g/mol. The molecule has 0 saturated heterocycles. The first-order valence-corrected chi connectivity index (χ1v) is 5.37. The van der Waals surface area contributed by atoms with E-state index in [0.717, 1.165) is 17.9 Å². The second kappa shape index (κ2) is 7.22. The molecule has 0 rings (SSSR count). The minimum Gasteiger partial charge on any atom is -0.478 e. The second-order valence-electron chi connectivity index (χ2n) is 2.46. The Balaban J connectivity index is 3.71. The van der Waals surface area contributed by atoms with Crippen LogP contribution < -0.4 is 0 Å². The van der Waals surface area contributed by atoms with Crippen LogP contribution in [-0.4, -0.2) is 22.6 Å². The molecule has 0 atom stereocenters. The van der Waals surface area contributed by atoms with Gasteiger partial charge in [0.25, 0.3) is 0 Å². The van der Waals surface area contributed by atoms with Crippen LogP contribution in [0.4, 0.5) is 0 Å². The molecule has 0 aromatic heterocycles. The molecule has 0 fully saturated rings. The molecule has 0 unspecified atom stereocenters. The van der Waals surface area contributed by atoms with Crippen LogP contribution in [0.25, 0.3) is 0 Å². The average molecular weight is 188 g/mol. The Kier molecular flexibility index (Phi) is 6.96. The van der Waals surface area contributed by atoms with E-state index in [1.807, 2.05) is 13.0 Å². The van der Waals surface area contributed by atoms with Gasteiger partial charge in [-0.15, -0.1) is 0 Å². The Morgan fingerprint density at radius 3 is 2.58 bits per heavy atom. The van der Waals surface area contributed by atoms with Crippen LogP contribution in [0.15, 0.2) is 11.6 Å². The fourth-order valence-corrected chi connectivity index (χ4v) is 1.54. The summed E-state index contributed by atoms with van der Waals surface area (Å²) in [5.74, 6) is 1.14. The van der Waals surface area contributed by atoms with Crippen molar-refractivity contribution < 1.29 is 9.90 Å². The summed E-state index contributed by atoms with van der Waals surface area (Å²) in [5, 5.41) is 8.65. The Labute approximate surface area is 78.0 Å². The third-order valence-corrected chi connectivity index (χ3v) is 2.55. The van der Waals surface area contributed by atoms with Gasteiger partial charge in [-0.2, -0.15) is 11.8 Å². The van der Waals surface area contributed by atoms with Crippen LogP contribution in [-0.2, 0) is 4.79 Å². The number of hydrogen-bond donors (Lipinski definition) is 1. The fraction of sp³-hybridized carbons (Fsp3) is 0.667. The van der Waals surface area contributed by atoms with Crippen LogP contribution >= 0.6 is 11.8 Å². The minimum absolute atomic E-state index is 0.526. The van der Waals surface area contributed by atoms with Crippen molar-refractivity contribution in [1.82, 2.24) is 0 Å². The lowest BCUT2D eigenvalue weighted by atomic mass is 10.2. The molecule has 0 spiro atoms. The number of hydrogen-bond acceptors (Lipinski definition) is 2. The molecule has 0 aliphatic rings. The maximum Gasteiger partial charge on any atom is 0.331 e. The Hall–Kier alpha value is -0.440. The minimum atomic E-state index is -0.783. The van der Waals surface area contributed by atoms with Crippen LogP contribution in [0.3, 0.4) is 0 Å². The summed E-state index contributed by atoms with van der Waals surface area (Å²) < 4.78 is 0. The van der Waals surface area contributed by atoms with Crippen molar-refractivity contribution in [3.8, 4) is 0 Å². The lowest BCUT2D eigenvalue weighted by molar-refractivity contribution is -0.132. The van der Waals surface area contributed by atoms with Crippen molar-refractivity contribution in [2.45, 2.75) is 26.7 Å². The quantitative estimate of drug-likeness (QED) is 0.514. The number of thioether (sulfide) groups is 1. The number of carboxylic acids is 1. The molecule has 0 bridgehead atoms. The van der Waals surface area contributed by atoms with Crippen LogP contribution in [0.2, 0.25) is 0 Å². The molecule has 0 aliphatic heterocycles. The third kappa shape index (κ3) is 5.24. The fourth-order valence-electron chi connectivity index (χ4n) is 0.770. The van der Waals surface area contributed by atoms with Crippen LogP contribution in [0.5, 0.6) is 0 Å². The number of aliphatic carboxylic acids is 1. The van der Waals surface area contributed by atoms with E-state index in [1.54, 1.807) is 11.8 Å². The predicted octanol–water partition coefficient (Wildman–Crippen LogP) is 2.55. The summed E-state index contributed by atoms with van der Waals surface area (Å²) in [6.07, 6.45) is 3.57. The van der Waals surface area contributed by atoms with Gasteiger partial charge in [0.05, 0.1) is 0 Å². The van der Waals surface area contributed by atoms with E-state index >= 15 is 0 Å². The molecule has 1 N–H and O–H groups in total. The highest BCUT2D eigenvalue weighted by Gasteiger charge is 2.01. The molecule has 0 aromatic carbocycles. The van der Waals surface area contributed by atoms with Gasteiger partial charge in [0, 0.05) is 11.3 Å². The maximum atomic E-state index is 10.5. The maximum absolute atomic E-state index is 10.5. The molecule has 70 valence electrons. The SMILES string of the molecule is CCCSCC=C(CC)C(=O)O. The molecule has 0 radical (unpaired) electrons. The summed E-state index contributed by atoms with van der Waals surface area (Å²) in [5.41, 5.74) is 0.526. The molecule has 3 heteroatoms. The molecule has 2 nitrogen and oxygen atoms in total. The second-order valence-corrected chi connectivity index (χ2v) is 3.61. The van der Waals surface area contributed by atoms with E-state index in [9.17, 15) is 4.79 Å². The molecule has 0 saturated carbocycles. The Bertz CT molecular complexity index is 164. The van der Waals surface area contributed by atoms with Gasteiger partial charge in [-0.05, 0) is 18.6 Å². The molecular formula is C9H16O2S. The highest BCUT2D eigenvalue weighted by molar-refractivity contribution is 7.99. The van der Waals surface area contributed by atoms with Crippen molar-refractivity contribution in [2.24, 2.45) is 0 Å². The van der Waals surface area contributed by atoms with E-state index in [0.29, 0.717) is 12.0 Å². The summed E-state index contributed by atoms with van der Waals surface area (Å²) >= 11 is 1.77. The molecule has 12 heavy (non-hydrogen) atoms. The van der Waals surface area contributed by atoms with Crippen molar-refractivity contribution in [1.29, 1.82) is 0 Å². The van der Waals surface area contributed by atoms with Crippen molar-refractivity contribution in [3.63, 3.8) is 0 Å². The van der Waals surface area contributed by atoms with Gasteiger partial charge >= 0.3 is 5.97 Å². The summed E-state index contributed by atoms with van der Waals surface area (Å²) in [4.78, 5) is 10.5. The van der Waals surface area contributed by atoms with Gasteiger partial charge in [-0.25, -0.2) is 4.79 Å². The highest BCUT2D eigenvalue weighted by Crippen LogP contribution is 2.06. The van der Waals surface area contributed by atoms with Crippen molar-refractivity contribution >= 4 is 17.7 Å². The number of carboxylic acid groups (broad SMARTS) is 1. The highest BCUT2D eigenvalue weighted by atomic mass is 32.2. The zero-order valence-corrected chi connectivity index (χ0v) is 8.49. The van der Waals surface area contributed by atoms with Gasteiger partial charge in [-0.3, -0.25) is 0 Å². The number of carbonyl (C=O) groups is 1. The first kappa shape index (κ1) is 11.6. The zero-order chi connectivity index (χ0) is 9.40. The Morgan fingerprint density at radius 2 is 2.17 bits per heavy atom. The zero-order valence-electron chi connectivity index (χ0n) is 7.67. The van der Waals surface area contributed by atoms with E-state index in [4.69, 9.17) is 5.11 Å². The van der Waals surface area contributed by atoms with E-state index in [1.165, 1.54) is 0 Å².